The van der Waals surface area contributed by atoms with Crippen molar-refractivity contribution < 1.29 is 14.6 Å². The Labute approximate surface area is 118 Å². The van der Waals surface area contributed by atoms with Gasteiger partial charge in [-0.15, -0.1) is 0 Å². The first-order valence-electron chi connectivity index (χ1n) is 6.59. The predicted octanol–water partition coefficient (Wildman–Crippen LogP) is 2.87. The molecule has 0 saturated heterocycles. The number of rotatable bonds is 6. The van der Waals surface area contributed by atoms with Crippen LogP contribution in [0, 0.1) is 6.92 Å². The van der Waals surface area contributed by atoms with E-state index in [-0.39, 0.29) is 6.61 Å². The van der Waals surface area contributed by atoms with Crippen molar-refractivity contribution in [1.82, 2.24) is 0 Å². The molecule has 3 heteroatoms. The van der Waals surface area contributed by atoms with Gasteiger partial charge in [-0.2, -0.15) is 0 Å². The number of aliphatic hydroxyl groups is 1. The molecular weight excluding hydrogens is 252 g/mol. The summed E-state index contributed by atoms with van der Waals surface area (Å²) < 4.78 is 4.79. The summed E-state index contributed by atoms with van der Waals surface area (Å²) in [6, 6.07) is 14.1. The third-order valence-corrected chi connectivity index (χ3v) is 3.27. The Morgan fingerprint density at radius 3 is 2.55 bits per heavy atom. The SMILES string of the molecule is Cc1ccc(-c2ccc(CO)cc2)c(CCOC=O)c1. The van der Waals surface area contributed by atoms with Crippen LogP contribution in [0.3, 0.4) is 0 Å². The molecule has 0 amide bonds. The molecule has 0 fully saturated rings. The fourth-order valence-electron chi connectivity index (χ4n) is 2.22. The number of aliphatic hydroxyl groups excluding tert-OH is 1. The molecule has 0 aliphatic heterocycles. The Morgan fingerprint density at radius 2 is 1.90 bits per heavy atom. The van der Waals surface area contributed by atoms with Crippen molar-refractivity contribution in [2.75, 3.05) is 6.61 Å². The van der Waals surface area contributed by atoms with Crippen molar-refractivity contribution in [2.24, 2.45) is 0 Å². The number of hydrogen-bond acceptors (Lipinski definition) is 3. The number of hydrogen-bond donors (Lipinski definition) is 1. The van der Waals surface area contributed by atoms with Gasteiger partial charge in [0.2, 0.25) is 0 Å². The molecule has 0 saturated carbocycles. The van der Waals surface area contributed by atoms with E-state index >= 15 is 0 Å². The normalized spacial score (nSPS) is 10.3. The molecule has 0 unspecified atom stereocenters. The van der Waals surface area contributed by atoms with Gasteiger partial charge >= 0.3 is 0 Å². The van der Waals surface area contributed by atoms with Crippen LogP contribution in [-0.2, 0) is 22.6 Å². The summed E-state index contributed by atoms with van der Waals surface area (Å²) >= 11 is 0. The van der Waals surface area contributed by atoms with Gasteiger partial charge in [-0.25, -0.2) is 0 Å². The lowest BCUT2D eigenvalue weighted by atomic mass is 9.95. The first-order chi connectivity index (χ1) is 9.74. The van der Waals surface area contributed by atoms with Crippen LogP contribution in [0.2, 0.25) is 0 Å². The van der Waals surface area contributed by atoms with Gasteiger partial charge in [0.15, 0.2) is 0 Å². The smallest absolute Gasteiger partial charge is 0.293 e. The van der Waals surface area contributed by atoms with Crippen LogP contribution in [0.25, 0.3) is 11.1 Å². The van der Waals surface area contributed by atoms with Crippen LogP contribution in [0.4, 0.5) is 0 Å². The third kappa shape index (κ3) is 3.45. The highest BCUT2D eigenvalue weighted by molar-refractivity contribution is 5.68. The van der Waals surface area contributed by atoms with Gasteiger partial charge in [0.05, 0.1) is 13.2 Å². The summed E-state index contributed by atoms with van der Waals surface area (Å²) in [6.07, 6.45) is 0.692. The Bertz CT molecular complexity index is 573. The minimum absolute atomic E-state index is 0.0498. The van der Waals surface area contributed by atoms with E-state index in [9.17, 15) is 4.79 Å². The summed E-state index contributed by atoms with van der Waals surface area (Å²) in [5.41, 5.74) is 5.47. The van der Waals surface area contributed by atoms with E-state index in [2.05, 4.69) is 18.2 Å². The van der Waals surface area contributed by atoms with Crippen LogP contribution in [0.15, 0.2) is 42.5 Å². The van der Waals surface area contributed by atoms with Gasteiger partial charge in [-0.1, -0.05) is 48.0 Å². The highest BCUT2D eigenvalue weighted by atomic mass is 16.5. The molecule has 2 aromatic rings. The molecule has 0 aliphatic rings. The van der Waals surface area contributed by atoms with Crippen LogP contribution in [0.1, 0.15) is 16.7 Å². The molecule has 3 nitrogen and oxygen atoms in total. The average Bonchev–Trinajstić information content (AvgIpc) is 2.48. The summed E-state index contributed by atoms with van der Waals surface area (Å²) in [4.78, 5) is 10.2. The van der Waals surface area contributed by atoms with Crippen molar-refractivity contribution in [3.63, 3.8) is 0 Å². The number of ether oxygens (including phenoxy) is 1. The van der Waals surface area contributed by atoms with Gasteiger partial charge in [0.25, 0.3) is 6.47 Å². The third-order valence-electron chi connectivity index (χ3n) is 3.27. The lowest BCUT2D eigenvalue weighted by molar-refractivity contribution is -0.128. The first kappa shape index (κ1) is 14.3. The maximum absolute atomic E-state index is 10.2. The van der Waals surface area contributed by atoms with Gasteiger partial charge in [-0.3, -0.25) is 4.79 Å². The van der Waals surface area contributed by atoms with Crippen molar-refractivity contribution in [2.45, 2.75) is 20.0 Å². The zero-order chi connectivity index (χ0) is 14.4. The number of carbonyl (C=O) groups excluding carboxylic acids is 1. The van der Waals surface area contributed by atoms with Crippen LogP contribution in [-0.4, -0.2) is 18.2 Å². The van der Waals surface area contributed by atoms with Gasteiger partial charge in [0.1, 0.15) is 0 Å². The van der Waals surface area contributed by atoms with Crippen molar-refractivity contribution in [3.8, 4) is 11.1 Å². The Balaban J connectivity index is 2.30. The molecule has 0 atom stereocenters. The summed E-state index contributed by atoms with van der Waals surface area (Å²) in [5, 5.41) is 9.08. The molecule has 0 aromatic heterocycles. The molecule has 0 aliphatic carbocycles. The van der Waals surface area contributed by atoms with Crippen LogP contribution < -0.4 is 0 Å². The fourth-order valence-corrected chi connectivity index (χ4v) is 2.22. The Morgan fingerprint density at radius 1 is 1.15 bits per heavy atom. The van der Waals surface area contributed by atoms with E-state index in [1.165, 1.54) is 5.56 Å². The zero-order valence-corrected chi connectivity index (χ0v) is 11.5. The molecule has 2 rings (SSSR count). The molecule has 0 heterocycles. The predicted molar refractivity (Wildman–Crippen MR) is 78.3 cm³/mol. The summed E-state index contributed by atoms with van der Waals surface area (Å²) in [7, 11) is 0. The highest BCUT2D eigenvalue weighted by Crippen LogP contribution is 2.25. The topological polar surface area (TPSA) is 46.5 Å². The van der Waals surface area contributed by atoms with Gasteiger partial charge in [0, 0.05) is 6.42 Å². The molecule has 0 spiro atoms. The minimum atomic E-state index is 0.0498. The summed E-state index contributed by atoms with van der Waals surface area (Å²) in [5.74, 6) is 0. The zero-order valence-electron chi connectivity index (χ0n) is 11.5. The Hall–Kier alpha value is -2.13. The van der Waals surface area contributed by atoms with Gasteiger partial charge < -0.3 is 9.84 Å². The number of carbonyl (C=O) groups is 1. The monoisotopic (exact) mass is 270 g/mol. The molecule has 0 radical (unpaired) electrons. The second-order valence-corrected chi connectivity index (χ2v) is 4.73. The fraction of sp³-hybridized carbons (Fsp3) is 0.235. The number of aryl methyl sites for hydroxylation is 1. The Kier molecular flexibility index (Phi) is 4.91. The van der Waals surface area contributed by atoms with E-state index < -0.39 is 0 Å². The highest BCUT2D eigenvalue weighted by Gasteiger charge is 2.06. The molecule has 104 valence electrons. The van der Waals surface area contributed by atoms with Crippen molar-refractivity contribution >= 4 is 6.47 Å². The van der Waals surface area contributed by atoms with Crippen molar-refractivity contribution in [1.29, 1.82) is 0 Å². The number of benzene rings is 2. The molecule has 0 bridgehead atoms. The second-order valence-electron chi connectivity index (χ2n) is 4.73. The van der Waals surface area contributed by atoms with Crippen molar-refractivity contribution in [3.05, 3.63) is 59.2 Å². The maximum atomic E-state index is 10.2. The molecule has 20 heavy (non-hydrogen) atoms. The maximum Gasteiger partial charge on any atom is 0.293 e. The van der Waals surface area contributed by atoms with E-state index in [1.54, 1.807) is 0 Å². The van der Waals surface area contributed by atoms with Gasteiger partial charge in [-0.05, 0) is 29.2 Å². The molecule has 2 aromatic carbocycles. The summed E-state index contributed by atoms with van der Waals surface area (Å²) in [6.45, 7) is 2.96. The first-order valence-corrected chi connectivity index (χ1v) is 6.59. The second kappa shape index (κ2) is 6.87. The van der Waals surface area contributed by atoms with E-state index in [0.717, 1.165) is 22.3 Å². The van der Waals surface area contributed by atoms with E-state index in [4.69, 9.17) is 9.84 Å². The van der Waals surface area contributed by atoms with Crippen LogP contribution >= 0.6 is 0 Å². The average molecular weight is 270 g/mol. The van der Waals surface area contributed by atoms with E-state index in [0.29, 0.717) is 19.5 Å². The van der Waals surface area contributed by atoms with E-state index in [1.807, 2.05) is 31.2 Å². The largest absolute Gasteiger partial charge is 0.468 e. The standard InChI is InChI=1S/C17H18O3/c1-13-2-7-17(16(10-13)8-9-20-12-19)15-5-3-14(11-18)4-6-15/h2-7,10,12,18H,8-9,11H2,1H3. The molecule has 1 N–H and O–H groups in total. The van der Waals surface area contributed by atoms with Crippen LogP contribution in [0.5, 0.6) is 0 Å². The molecular formula is C17H18O3. The lowest BCUT2D eigenvalue weighted by Crippen LogP contribution is -1.99. The minimum Gasteiger partial charge on any atom is -0.468 e. The quantitative estimate of drug-likeness (QED) is 0.648. The lowest BCUT2D eigenvalue weighted by Gasteiger charge is -2.11.